The molecule has 2 heterocycles. The summed E-state index contributed by atoms with van der Waals surface area (Å²) in [5.41, 5.74) is 5.35. The maximum absolute atomic E-state index is 11.1. The Balaban J connectivity index is 2.26. The molecular formula is C11H17N5O3. The molecule has 1 atom stereocenters. The van der Waals surface area contributed by atoms with E-state index in [4.69, 9.17) is 10.5 Å². The van der Waals surface area contributed by atoms with E-state index in [-0.39, 0.29) is 23.4 Å². The van der Waals surface area contributed by atoms with Gasteiger partial charge in [-0.25, -0.2) is 9.97 Å². The molecule has 0 aliphatic carbocycles. The van der Waals surface area contributed by atoms with Crippen LogP contribution in [-0.2, 0) is 4.74 Å². The fourth-order valence-corrected chi connectivity index (χ4v) is 2.29. The molecule has 0 amide bonds. The van der Waals surface area contributed by atoms with Crippen molar-refractivity contribution < 1.29 is 9.66 Å². The Hall–Kier alpha value is -1.96. The second kappa shape index (κ2) is 5.79. The van der Waals surface area contributed by atoms with Crippen LogP contribution in [0.2, 0.25) is 0 Å². The molecule has 0 spiro atoms. The Labute approximate surface area is 110 Å². The summed E-state index contributed by atoms with van der Waals surface area (Å²) in [6.45, 7) is 3.86. The van der Waals surface area contributed by atoms with E-state index in [9.17, 15) is 10.1 Å². The van der Waals surface area contributed by atoms with E-state index >= 15 is 0 Å². The van der Waals surface area contributed by atoms with Gasteiger partial charge in [0.2, 0.25) is 11.6 Å². The highest BCUT2D eigenvalue weighted by Gasteiger charge is 2.29. The molecule has 8 heteroatoms. The predicted octanol–water partition coefficient (Wildman–Crippen LogP) is 0.972. The van der Waals surface area contributed by atoms with Gasteiger partial charge in [0, 0.05) is 19.7 Å². The molecule has 0 saturated carbocycles. The topological polar surface area (TPSA) is 107 Å². The Kier molecular flexibility index (Phi) is 4.10. The monoisotopic (exact) mass is 267 g/mol. The van der Waals surface area contributed by atoms with Gasteiger partial charge < -0.3 is 15.4 Å². The zero-order chi connectivity index (χ0) is 13.8. The largest absolute Gasteiger partial charge is 0.378 e. The minimum Gasteiger partial charge on any atom is -0.378 e. The normalized spacial score (nSPS) is 19.4. The Morgan fingerprint density at radius 1 is 1.63 bits per heavy atom. The molecule has 1 aliphatic rings. The van der Waals surface area contributed by atoms with E-state index in [0.29, 0.717) is 19.7 Å². The molecule has 1 saturated heterocycles. The molecular weight excluding hydrogens is 250 g/mol. The summed E-state index contributed by atoms with van der Waals surface area (Å²) in [4.78, 5) is 20.1. The van der Waals surface area contributed by atoms with E-state index in [2.05, 4.69) is 9.97 Å². The average molecular weight is 267 g/mol. The lowest BCUT2D eigenvalue weighted by molar-refractivity contribution is -0.383. The van der Waals surface area contributed by atoms with Crippen LogP contribution >= 0.6 is 0 Å². The summed E-state index contributed by atoms with van der Waals surface area (Å²) in [5.74, 6) is 0.176. The number of nitrogens with two attached hydrogens (primary N) is 1. The van der Waals surface area contributed by atoms with Crippen molar-refractivity contribution in [3.8, 4) is 0 Å². The van der Waals surface area contributed by atoms with E-state index < -0.39 is 4.92 Å². The molecule has 104 valence electrons. The van der Waals surface area contributed by atoms with Crippen molar-refractivity contribution in [3.05, 3.63) is 16.4 Å². The van der Waals surface area contributed by atoms with Crippen LogP contribution in [0.15, 0.2) is 6.33 Å². The van der Waals surface area contributed by atoms with Crippen LogP contribution in [0.1, 0.15) is 19.8 Å². The Morgan fingerprint density at radius 2 is 2.42 bits per heavy atom. The molecule has 1 aromatic heterocycles. The van der Waals surface area contributed by atoms with Gasteiger partial charge in [-0.3, -0.25) is 10.1 Å². The maximum Gasteiger partial charge on any atom is 0.353 e. The highest BCUT2D eigenvalue weighted by atomic mass is 16.6. The number of hydrogen-bond donors (Lipinski definition) is 1. The highest BCUT2D eigenvalue weighted by molar-refractivity contribution is 5.68. The number of nitrogens with zero attached hydrogens (tertiary/aromatic N) is 4. The van der Waals surface area contributed by atoms with E-state index in [1.807, 2.05) is 11.8 Å². The van der Waals surface area contributed by atoms with Gasteiger partial charge >= 0.3 is 5.69 Å². The quantitative estimate of drug-likeness (QED) is 0.639. The summed E-state index contributed by atoms with van der Waals surface area (Å²) in [6, 6.07) is 0. The zero-order valence-electron chi connectivity index (χ0n) is 10.8. The van der Waals surface area contributed by atoms with Crippen molar-refractivity contribution in [2.75, 3.05) is 30.3 Å². The summed E-state index contributed by atoms with van der Waals surface area (Å²) in [5, 5.41) is 11.1. The third-order valence-corrected chi connectivity index (χ3v) is 3.09. The van der Waals surface area contributed by atoms with Gasteiger partial charge in [0.15, 0.2) is 0 Å². The molecule has 2 rings (SSSR count). The van der Waals surface area contributed by atoms with Crippen molar-refractivity contribution in [2.45, 2.75) is 25.9 Å². The number of rotatable bonds is 4. The lowest BCUT2D eigenvalue weighted by Crippen LogP contribution is -2.40. The fourth-order valence-electron chi connectivity index (χ4n) is 2.29. The van der Waals surface area contributed by atoms with Crippen LogP contribution < -0.4 is 10.6 Å². The molecule has 1 fully saturated rings. The molecule has 0 bridgehead atoms. The van der Waals surface area contributed by atoms with Crippen LogP contribution in [0.5, 0.6) is 0 Å². The minimum absolute atomic E-state index is 0.0783. The van der Waals surface area contributed by atoms with Crippen molar-refractivity contribution in [2.24, 2.45) is 0 Å². The standard InChI is InChI=1S/C11H17N5O3/c1-2-19-8-4-3-5-15(6-8)11-9(16(17)18)10(12)13-7-14-11/h7-8H,2-6H2,1H3,(H2,12,13,14). The lowest BCUT2D eigenvalue weighted by Gasteiger charge is -2.32. The van der Waals surface area contributed by atoms with Gasteiger partial charge in [-0.05, 0) is 19.8 Å². The second-order valence-corrected chi connectivity index (χ2v) is 4.35. The predicted molar refractivity (Wildman–Crippen MR) is 70.0 cm³/mol. The number of anilines is 2. The van der Waals surface area contributed by atoms with Crippen LogP contribution in [0, 0.1) is 10.1 Å². The van der Waals surface area contributed by atoms with Gasteiger partial charge in [0.25, 0.3) is 0 Å². The Bertz CT molecular complexity index is 466. The second-order valence-electron chi connectivity index (χ2n) is 4.35. The number of nitrogen functional groups attached to an aromatic ring is 1. The smallest absolute Gasteiger partial charge is 0.353 e. The fraction of sp³-hybridized carbons (Fsp3) is 0.636. The van der Waals surface area contributed by atoms with E-state index in [1.165, 1.54) is 6.33 Å². The third-order valence-electron chi connectivity index (χ3n) is 3.09. The van der Waals surface area contributed by atoms with E-state index in [0.717, 1.165) is 12.8 Å². The molecule has 0 aromatic carbocycles. The first-order valence-electron chi connectivity index (χ1n) is 6.25. The number of ether oxygens (including phenoxy) is 1. The summed E-state index contributed by atoms with van der Waals surface area (Å²) in [7, 11) is 0. The average Bonchev–Trinajstić information content (AvgIpc) is 2.38. The first-order valence-corrected chi connectivity index (χ1v) is 6.25. The SMILES string of the molecule is CCOC1CCCN(c2ncnc(N)c2[N+](=O)[O-])C1. The lowest BCUT2D eigenvalue weighted by atomic mass is 10.1. The van der Waals surface area contributed by atoms with Gasteiger partial charge in [0.1, 0.15) is 6.33 Å². The third kappa shape index (κ3) is 2.90. The van der Waals surface area contributed by atoms with Crippen molar-refractivity contribution in [1.82, 2.24) is 9.97 Å². The maximum atomic E-state index is 11.1. The molecule has 2 N–H and O–H groups in total. The minimum atomic E-state index is -0.533. The molecule has 1 aromatic rings. The Morgan fingerprint density at radius 3 is 3.11 bits per heavy atom. The first-order chi connectivity index (χ1) is 9.13. The summed E-state index contributed by atoms with van der Waals surface area (Å²) >= 11 is 0. The molecule has 1 aliphatic heterocycles. The van der Waals surface area contributed by atoms with Gasteiger partial charge in [-0.15, -0.1) is 0 Å². The van der Waals surface area contributed by atoms with Crippen LogP contribution in [0.25, 0.3) is 0 Å². The number of piperidine rings is 1. The van der Waals surface area contributed by atoms with Crippen LogP contribution in [0.4, 0.5) is 17.3 Å². The zero-order valence-corrected chi connectivity index (χ0v) is 10.8. The van der Waals surface area contributed by atoms with Crippen molar-refractivity contribution >= 4 is 17.3 Å². The van der Waals surface area contributed by atoms with Crippen molar-refractivity contribution in [3.63, 3.8) is 0 Å². The molecule has 0 radical (unpaired) electrons. The van der Waals surface area contributed by atoms with Crippen LogP contribution in [-0.4, -0.2) is 40.7 Å². The number of aromatic nitrogens is 2. The molecule has 19 heavy (non-hydrogen) atoms. The van der Waals surface area contributed by atoms with Gasteiger partial charge in [-0.2, -0.15) is 0 Å². The van der Waals surface area contributed by atoms with Gasteiger partial charge in [0.05, 0.1) is 11.0 Å². The number of hydrogen-bond acceptors (Lipinski definition) is 7. The highest BCUT2D eigenvalue weighted by Crippen LogP contribution is 2.31. The van der Waals surface area contributed by atoms with Gasteiger partial charge in [-0.1, -0.05) is 0 Å². The molecule has 1 unspecified atom stereocenters. The van der Waals surface area contributed by atoms with Crippen molar-refractivity contribution in [1.29, 1.82) is 0 Å². The number of nitro groups is 1. The first kappa shape index (κ1) is 13.5. The molecule has 8 nitrogen and oxygen atoms in total. The summed E-state index contributed by atoms with van der Waals surface area (Å²) < 4.78 is 5.58. The van der Waals surface area contributed by atoms with Crippen LogP contribution in [0.3, 0.4) is 0 Å². The van der Waals surface area contributed by atoms with E-state index in [1.54, 1.807) is 0 Å². The summed E-state index contributed by atoms with van der Waals surface area (Å²) in [6.07, 6.45) is 3.20.